The van der Waals surface area contributed by atoms with Gasteiger partial charge in [0.25, 0.3) is 0 Å². The van der Waals surface area contributed by atoms with Crippen molar-refractivity contribution in [3.63, 3.8) is 0 Å². The smallest absolute Gasteiger partial charge is 0.191 e. The number of hydrogen-bond acceptors (Lipinski definition) is 4. The highest BCUT2D eigenvalue weighted by molar-refractivity contribution is 5.79. The van der Waals surface area contributed by atoms with E-state index >= 15 is 0 Å². The number of rotatable bonds is 7. The van der Waals surface area contributed by atoms with Gasteiger partial charge < -0.3 is 15.5 Å². The van der Waals surface area contributed by atoms with Gasteiger partial charge in [0.2, 0.25) is 0 Å². The van der Waals surface area contributed by atoms with Crippen LogP contribution in [-0.2, 0) is 0 Å². The molecule has 3 fully saturated rings. The Morgan fingerprint density at radius 2 is 1.50 bits per heavy atom. The Hall–Kier alpha value is -0.850. The van der Waals surface area contributed by atoms with Crippen LogP contribution < -0.4 is 10.6 Å². The molecule has 1 atom stereocenters. The molecule has 0 radical (unpaired) electrons. The Labute approximate surface area is 185 Å². The van der Waals surface area contributed by atoms with Gasteiger partial charge in [0.15, 0.2) is 5.96 Å². The van der Waals surface area contributed by atoms with E-state index in [0.29, 0.717) is 17.5 Å². The lowest BCUT2D eigenvalue weighted by Gasteiger charge is -2.48. The number of likely N-dealkylation sites (tertiary alicyclic amines) is 1. The average molecular weight is 421 g/mol. The standard InChI is InChI=1S/C24H48N6/c1-21(2)22(29-17-15-28(4)16-18-29)19-26-23(25-3)27-20-24(11-7-5-8-12-24)30-13-9-6-10-14-30/h21-22H,5-20H2,1-4H3,(H2,25,26,27). The van der Waals surface area contributed by atoms with Gasteiger partial charge in [-0.2, -0.15) is 0 Å². The SMILES string of the molecule is CN=C(NCC(C(C)C)N1CCN(C)CC1)NCC1(N2CCCCC2)CCCCC1. The van der Waals surface area contributed by atoms with Crippen LogP contribution in [0.1, 0.15) is 65.2 Å². The lowest BCUT2D eigenvalue weighted by molar-refractivity contribution is 0.0367. The van der Waals surface area contributed by atoms with Crippen LogP contribution in [0.25, 0.3) is 0 Å². The zero-order valence-corrected chi connectivity index (χ0v) is 20.3. The van der Waals surface area contributed by atoms with E-state index in [1.165, 1.54) is 90.6 Å². The van der Waals surface area contributed by atoms with Gasteiger partial charge in [0.05, 0.1) is 0 Å². The molecule has 30 heavy (non-hydrogen) atoms. The Kier molecular flexibility index (Phi) is 9.27. The highest BCUT2D eigenvalue weighted by Crippen LogP contribution is 2.35. The largest absolute Gasteiger partial charge is 0.355 e. The Morgan fingerprint density at radius 3 is 2.10 bits per heavy atom. The van der Waals surface area contributed by atoms with Crippen LogP contribution >= 0.6 is 0 Å². The monoisotopic (exact) mass is 420 g/mol. The van der Waals surface area contributed by atoms with E-state index in [4.69, 9.17) is 0 Å². The van der Waals surface area contributed by atoms with E-state index in [-0.39, 0.29) is 0 Å². The second-order valence-electron chi connectivity index (χ2n) is 10.3. The summed E-state index contributed by atoms with van der Waals surface area (Å²) in [6, 6.07) is 0.558. The molecule has 3 rings (SSSR count). The molecule has 0 spiro atoms. The zero-order chi connectivity index (χ0) is 21.4. The summed E-state index contributed by atoms with van der Waals surface area (Å²) in [6.07, 6.45) is 11.0. The topological polar surface area (TPSA) is 46.1 Å². The van der Waals surface area contributed by atoms with Gasteiger partial charge in [-0.05, 0) is 51.7 Å². The zero-order valence-electron chi connectivity index (χ0n) is 20.3. The Morgan fingerprint density at radius 1 is 0.867 bits per heavy atom. The molecule has 0 aromatic heterocycles. The fourth-order valence-electron chi connectivity index (χ4n) is 5.79. The van der Waals surface area contributed by atoms with Crippen molar-refractivity contribution in [2.45, 2.75) is 76.8 Å². The first kappa shape index (κ1) is 23.8. The van der Waals surface area contributed by atoms with Gasteiger partial charge in [0.1, 0.15) is 0 Å². The molecule has 1 saturated carbocycles. The van der Waals surface area contributed by atoms with E-state index < -0.39 is 0 Å². The summed E-state index contributed by atoms with van der Waals surface area (Å²) in [7, 11) is 4.15. The predicted molar refractivity (Wildman–Crippen MR) is 128 cm³/mol. The first-order valence-electron chi connectivity index (χ1n) is 12.7. The molecule has 6 heteroatoms. The molecular weight excluding hydrogens is 372 g/mol. The van der Waals surface area contributed by atoms with E-state index in [9.17, 15) is 0 Å². The van der Waals surface area contributed by atoms with Crippen molar-refractivity contribution >= 4 is 5.96 Å². The molecule has 2 saturated heterocycles. The van der Waals surface area contributed by atoms with Crippen molar-refractivity contribution < 1.29 is 0 Å². The van der Waals surface area contributed by atoms with Crippen LogP contribution in [-0.4, -0.2) is 98.7 Å². The summed E-state index contributed by atoms with van der Waals surface area (Å²) in [6.45, 7) is 14.0. The number of aliphatic imine (C=N–C) groups is 1. The van der Waals surface area contributed by atoms with Crippen LogP contribution in [0.4, 0.5) is 0 Å². The fraction of sp³-hybridized carbons (Fsp3) is 0.958. The molecule has 0 bridgehead atoms. The summed E-state index contributed by atoms with van der Waals surface area (Å²) >= 11 is 0. The predicted octanol–water partition coefficient (Wildman–Crippen LogP) is 2.61. The van der Waals surface area contributed by atoms with E-state index in [1.807, 2.05) is 7.05 Å². The van der Waals surface area contributed by atoms with Crippen molar-refractivity contribution in [3.05, 3.63) is 0 Å². The Balaban J connectivity index is 1.54. The highest BCUT2D eigenvalue weighted by atomic mass is 15.3. The molecule has 2 aliphatic heterocycles. The number of hydrogen-bond donors (Lipinski definition) is 2. The van der Waals surface area contributed by atoms with Crippen molar-refractivity contribution in [2.75, 3.05) is 66.5 Å². The summed E-state index contributed by atoms with van der Waals surface area (Å²) in [4.78, 5) is 12.5. The van der Waals surface area contributed by atoms with Gasteiger partial charge in [-0.25, -0.2) is 0 Å². The van der Waals surface area contributed by atoms with Gasteiger partial charge in [-0.1, -0.05) is 39.5 Å². The summed E-state index contributed by atoms with van der Waals surface area (Å²) in [5.74, 6) is 1.62. The van der Waals surface area contributed by atoms with Gasteiger partial charge >= 0.3 is 0 Å². The van der Waals surface area contributed by atoms with Crippen molar-refractivity contribution in [1.82, 2.24) is 25.3 Å². The third-order valence-corrected chi connectivity index (χ3v) is 7.87. The van der Waals surface area contributed by atoms with Crippen LogP contribution in [0.3, 0.4) is 0 Å². The average Bonchev–Trinajstić information content (AvgIpc) is 2.78. The van der Waals surface area contributed by atoms with Crippen LogP contribution in [0, 0.1) is 5.92 Å². The van der Waals surface area contributed by atoms with Crippen LogP contribution in [0.15, 0.2) is 4.99 Å². The second-order valence-corrected chi connectivity index (χ2v) is 10.3. The van der Waals surface area contributed by atoms with Gasteiger partial charge in [-0.15, -0.1) is 0 Å². The normalized spacial score (nSPS) is 26.0. The van der Waals surface area contributed by atoms with Crippen molar-refractivity contribution in [1.29, 1.82) is 0 Å². The van der Waals surface area contributed by atoms with Gasteiger partial charge in [0, 0.05) is 57.9 Å². The van der Waals surface area contributed by atoms with E-state index in [1.54, 1.807) is 0 Å². The molecule has 0 aromatic carbocycles. The third-order valence-electron chi connectivity index (χ3n) is 7.87. The number of guanidine groups is 1. The number of piperazine rings is 1. The molecule has 1 aliphatic carbocycles. The molecule has 2 heterocycles. The molecular formula is C24H48N6. The minimum atomic E-state index is 0.338. The second kappa shape index (κ2) is 11.7. The minimum absolute atomic E-state index is 0.338. The fourth-order valence-corrected chi connectivity index (χ4v) is 5.79. The number of piperidine rings is 1. The van der Waals surface area contributed by atoms with Crippen LogP contribution in [0.5, 0.6) is 0 Å². The summed E-state index contributed by atoms with van der Waals surface area (Å²) < 4.78 is 0. The van der Waals surface area contributed by atoms with E-state index in [2.05, 4.69) is 51.2 Å². The molecule has 174 valence electrons. The molecule has 6 nitrogen and oxygen atoms in total. The first-order chi connectivity index (χ1) is 14.5. The molecule has 0 aromatic rings. The number of nitrogens with one attached hydrogen (secondary N) is 2. The Bertz CT molecular complexity index is 514. The maximum atomic E-state index is 4.59. The number of nitrogens with zero attached hydrogens (tertiary/aromatic N) is 4. The third kappa shape index (κ3) is 6.33. The maximum absolute atomic E-state index is 4.59. The van der Waals surface area contributed by atoms with Crippen LogP contribution in [0.2, 0.25) is 0 Å². The minimum Gasteiger partial charge on any atom is -0.355 e. The lowest BCUT2D eigenvalue weighted by atomic mass is 9.79. The molecule has 3 aliphatic rings. The lowest BCUT2D eigenvalue weighted by Crippen LogP contribution is -2.60. The first-order valence-corrected chi connectivity index (χ1v) is 12.7. The molecule has 2 N–H and O–H groups in total. The number of likely N-dealkylation sites (N-methyl/N-ethyl adjacent to an activating group) is 1. The summed E-state index contributed by atoms with van der Waals surface area (Å²) in [5, 5.41) is 7.44. The van der Waals surface area contributed by atoms with Gasteiger partial charge in [-0.3, -0.25) is 14.8 Å². The quantitative estimate of drug-likeness (QED) is 0.490. The van der Waals surface area contributed by atoms with Crippen molar-refractivity contribution in [2.24, 2.45) is 10.9 Å². The van der Waals surface area contributed by atoms with E-state index in [0.717, 1.165) is 19.0 Å². The molecule has 0 amide bonds. The maximum Gasteiger partial charge on any atom is 0.191 e. The summed E-state index contributed by atoms with van der Waals surface area (Å²) in [5.41, 5.74) is 0.338. The highest BCUT2D eigenvalue weighted by Gasteiger charge is 2.38. The molecule has 1 unspecified atom stereocenters. The van der Waals surface area contributed by atoms with Crippen molar-refractivity contribution in [3.8, 4) is 0 Å².